The number of benzene rings is 2. The number of hydrogen-bond donors (Lipinski definition) is 0. The van der Waals surface area contributed by atoms with Crippen LogP contribution in [0.1, 0.15) is 13.3 Å². The van der Waals surface area contributed by atoms with Gasteiger partial charge < -0.3 is 24.0 Å². The van der Waals surface area contributed by atoms with Gasteiger partial charge in [0.05, 0.1) is 19.4 Å². The van der Waals surface area contributed by atoms with Gasteiger partial charge in [-0.2, -0.15) is 0 Å². The maximum Gasteiger partial charge on any atom is 0.260 e. The van der Waals surface area contributed by atoms with Crippen LogP contribution in [-0.4, -0.2) is 57.3 Å². The van der Waals surface area contributed by atoms with Gasteiger partial charge >= 0.3 is 0 Å². The highest BCUT2D eigenvalue weighted by Gasteiger charge is 2.23. The molecular weight excluding hydrogens is 356 g/mol. The fraction of sp³-hybridized carbons (Fsp3) is 0.409. The number of anilines is 1. The molecule has 2 aromatic rings. The zero-order valence-corrected chi connectivity index (χ0v) is 16.6. The Bertz CT molecular complexity index is 755. The third-order valence-electron chi connectivity index (χ3n) is 4.72. The summed E-state index contributed by atoms with van der Waals surface area (Å²) in [6.07, 6.45) is 0.969. The van der Waals surface area contributed by atoms with Crippen LogP contribution in [0.4, 0.5) is 5.69 Å². The van der Waals surface area contributed by atoms with Crippen molar-refractivity contribution in [1.29, 1.82) is 0 Å². The van der Waals surface area contributed by atoms with Crippen molar-refractivity contribution >= 4 is 11.6 Å². The van der Waals surface area contributed by atoms with Crippen molar-refractivity contribution in [3.63, 3.8) is 0 Å². The predicted octanol–water partition coefficient (Wildman–Crippen LogP) is 3.21. The van der Waals surface area contributed by atoms with Gasteiger partial charge in [-0.1, -0.05) is 19.1 Å². The van der Waals surface area contributed by atoms with Crippen LogP contribution in [0, 0.1) is 0 Å². The molecule has 150 valence electrons. The van der Waals surface area contributed by atoms with E-state index in [1.165, 1.54) is 0 Å². The molecule has 1 saturated heterocycles. The Morgan fingerprint density at radius 2 is 1.57 bits per heavy atom. The van der Waals surface area contributed by atoms with Crippen molar-refractivity contribution in [2.75, 3.05) is 51.4 Å². The van der Waals surface area contributed by atoms with E-state index < -0.39 is 0 Å². The molecule has 6 nitrogen and oxygen atoms in total. The molecule has 0 N–H and O–H groups in total. The Morgan fingerprint density at radius 1 is 0.929 bits per heavy atom. The first-order chi connectivity index (χ1) is 13.7. The molecular formula is C22H28N2O4. The van der Waals surface area contributed by atoms with E-state index in [0.717, 1.165) is 36.7 Å². The quantitative estimate of drug-likeness (QED) is 0.700. The van der Waals surface area contributed by atoms with E-state index >= 15 is 0 Å². The topological polar surface area (TPSA) is 51.2 Å². The second kappa shape index (κ2) is 9.88. The molecule has 0 bridgehead atoms. The lowest BCUT2D eigenvalue weighted by Gasteiger charge is -2.36. The number of nitrogens with zero attached hydrogens (tertiary/aromatic N) is 2. The summed E-state index contributed by atoms with van der Waals surface area (Å²) in [5.41, 5.74) is 1.07. The first kappa shape index (κ1) is 19.9. The van der Waals surface area contributed by atoms with E-state index in [0.29, 0.717) is 25.4 Å². The molecule has 1 aliphatic rings. The lowest BCUT2D eigenvalue weighted by Crippen LogP contribution is -2.50. The fourth-order valence-electron chi connectivity index (χ4n) is 3.18. The maximum absolute atomic E-state index is 12.5. The molecule has 0 aromatic heterocycles. The van der Waals surface area contributed by atoms with Crippen molar-refractivity contribution < 1.29 is 19.0 Å². The molecule has 28 heavy (non-hydrogen) atoms. The Labute approximate surface area is 166 Å². The molecule has 0 saturated carbocycles. The van der Waals surface area contributed by atoms with Crippen LogP contribution >= 0.6 is 0 Å². The van der Waals surface area contributed by atoms with Crippen LogP contribution in [-0.2, 0) is 4.79 Å². The summed E-state index contributed by atoms with van der Waals surface area (Å²) in [6.45, 7) is 5.70. The second-order valence-corrected chi connectivity index (χ2v) is 6.65. The number of carbonyl (C=O) groups excluding carboxylic acids is 1. The van der Waals surface area contributed by atoms with E-state index in [9.17, 15) is 4.79 Å². The van der Waals surface area contributed by atoms with E-state index in [-0.39, 0.29) is 12.5 Å². The summed E-state index contributed by atoms with van der Waals surface area (Å²) in [6, 6.07) is 15.4. The van der Waals surface area contributed by atoms with Crippen molar-refractivity contribution in [2.45, 2.75) is 13.3 Å². The zero-order valence-electron chi connectivity index (χ0n) is 16.6. The minimum absolute atomic E-state index is 0.00554. The van der Waals surface area contributed by atoms with Crippen molar-refractivity contribution in [3.05, 3.63) is 48.5 Å². The van der Waals surface area contributed by atoms with Gasteiger partial charge in [0, 0.05) is 26.2 Å². The summed E-state index contributed by atoms with van der Waals surface area (Å²) in [7, 11) is 1.68. The molecule has 1 aliphatic heterocycles. The molecule has 0 radical (unpaired) electrons. The summed E-state index contributed by atoms with van der Waals surface area (Å²) in [5, 5.41) is 0. The van der Waals surface area contributed by atoms with E-state index in [2.05, 4.69) is 11.8 Å². The minimum Gasteiger partial charge on any atom is -0.495 e. The SMILES string of the molecule is CCCOc1ccc(OCC(=O)N2CCN(c3ccccc3OC)CC2)cc1. The predicted molar refractivity (Wildman–Crippen MR) is 110 cm³/mol. The summed E-state index contributed by atoms with van der Waals surface area (Å²) < 4.78 is 16.6. The Balaban J connectivity index is 1.46. The number of piperazine rings is 1. The van der Waals surface area contributed by atoms with Crippen LogP contribution in [0.15, 0.2) is 48.5 Å². The molecule has 0 spiro atoms. The Hall–Kier alpha value is -2.89. The highest BCUT2D eigenvalue weighted by atomic mass is 16.5. The number of methoxy groups -OCH3 is 1. The molecule has 1 fully saturated rings. The summed E-state index contributed by atoms with van der Waals surface area (Å²) in [4.78, 5) is 16.6. The highest BCUT2D eigenvalue weighted by molar-refractivity contribution is 5.78. The van der Waals surface area contributed by atoms with Crippen molar-refractivity contribution in [1.82, 2.24) is 4.90 Å². The smallest absolute Gasteiger partial charge is 0.260 e. The van der Waals surface area contributed by atoms with Crippen molar-refractivity contribution in [2.24, 2.45) is 0 Å². The van der Waals surface area contributed by atoms with E-state index in [4.69, 9.17) is 14.2 Å². The third-order valence-corrected chi connectivity index (χ3v) is 4.72. The second-order valence-electron chi connectivity index (χ2n) is 6.65. The van der Waals surface area contributed by atoms with E-state index in [1.807, 2.05) is 53.4 Å². The average Bonchev–Trinajstić information content (AvgIpc) is 2.76. The van der Waals surface area contributed by atoms with Gasteiger partial charge in [0.15, 0.2) is 6.61 Å². The van der Waals surface area contributed by atoms with Gasteiger partial charge in [-0.25, -0.2) is 0 Å². The Kier molecular flexibility index (Phi) is 7.00. The van der Waals surface area contributed by atoms with Crippen LogP contribution in [0.3, 0.4) is 0 Å². The third kappa shape index (κ3) is 5.09. The first-order valence-corrected chi connectivity index (χ1v) is 9.72. The highest BCUT2D eigenvalue weighted by Crippen LogP contribution is 2.28. The fourth-order valence-corrected chi connectivity index (χ4v) is 3.18. The number of ether oxygens (including phenoxy) is 3. The lowest BCUT2D eigenvalue weighted by molar-refractivity contribution is -0.133. The molecule has 1 heterocycles. The molecule has 6 heteroatoms. The minimum atomic E-state index is 0.00554. The standard InChI is InChI=1S/C22H28N2O4/c1-3-16-27-18-8-10-19(11-9-18)28-17-22(25)24-14-12-23(13-15-24)20-6-4-5-7-21(20)26-2/h4-11H,3,12-17H2,1-2H3. The molecule has 1 amide bonds. The number of amides is 1. The molecule has 2 aromatic carbocycles. The van der Waals surface area contributed by atoms with Crippen LogP contribution < -0.4 is 19.1 Å². The monoisotopic (exact) mass is 384 g/mol. The first-order valence-electron chi connectivity index (χ1n) is 9.72. The van der Waals surface area contributed by atoms with Gasteiger partial charge in [-0.15, -0.1) is 0 Å². The zero-order chi connectivity index (χ0) is 19.8. The molecule has 0 aliphatic carbocycles. The van der Waals surface area contributed by atoms with E-state index in [1.54, 1.807) is 7.11 Å². The van der Waals surface area contributed by atoms with Crippen LogP contribution in [0.5, 0.6) is 17.2 Å². The van der Waals surface area contributed by atoms with Gasteiger partial charge in [-0.05, 0) is 42.8 Å². The molecule has 0 atom stereocenters. The maximum atomic E-state index is 12.5. The van der Waals surface area contributed by atoms with Gasteiger partial charge in [0.2, 0.25) is 0 Å². The molecule has 0 unspecified atom stereocenters. The summed E-state index contributed by atoms with van der Waals surface area (Å²) in [5.74, 6) is 2.35. The average molecular weight is 384 g/mol. The number of rotatable bonds is 8. The normalized spacial score (nSPS) is 13.9. The number of para-hydroxylation sites is 2. The number of hydrogen-bond acceptors (Lipinski definition) is 5. The van der Waals surface area contributed by atoms with Gasteiger partial charge in [0.1, 0.15) is 17.2 Å². The van der Waals surface area contributed by atoms with Gasteiger partial charge in [0.25, 0.3) is 5.91 Å². The summed E-state index contributed by atoms with van der Waals surface area (Å²) >= 11 is 0. The van der Waals surface area contributed by atoms with Crippen molar-refractivity contribution in [3.8, 4) is 17.2 Å². The van der Waals surface area contributed by atoms with Crippen LogP contribution in [0.2, 0.25) is 0 Å². The van der Waals surface area contributed by atoms with Crippen LogP contribution in [0.25, 0.3) is 0 Å². The number of carbonyl (C=O) groups is 1. The van der Waals surface area contributed by atoms with Gasteiger partial charge in [-0.3, -0.25) is 4.79 Å². The lowest BCUT2D eigenvalue weighted by atomic mass is 10.2. The Morgan fingerprint density at radius 3 is 2.21 bits per heavy atom. The molecule has 3 rings (SSSR count). The largest absolute Gasteiger partial charge is 0.495 e.